The summed E-state index contributed by atoms with van der Waals surface area (Å²) in [6, 6.07) is 9.40. The summed E-state index contributed by atoms with van der Waals surface area (Å²) >= 11 is 0. The fourth-order valence-electron chi connectivity index (χ4n) is 1.01. The summed E-state index contributed by atoms with van der Waals surface area (Å²) in [7, 11) is 0. The number of hydrogen-bond acceptors (Lipinski definition) is 3. The van der Waals surface area contributed by atoms with Crippen LogP contribution in [-0.4, -0.2) is 25.9 Å². The monoisotopic (exact) mass is 209 g/mol. The van der Waals surface area contributed by atoms with Crippen LogP contribution in [0.15, 0.2) is 30.3 Å². The van der Waals surface area contributed by atoms with Crippen LogP contribution in [-0.2, 0) is 4.74 Å². The van der Waals surface area contributed by atoms with E-state index in [0.717, 1.165) is 5.75 Å². The Hall–Kier alpha value is -1.71. The predicted octanol–water partition coefficient (Wildman–Crippen LogP) is 1.81. The number of alkyl carbamates (subject to hydrolysis) is 1. The van der Waals surface area contributed by atoms with E-state index >= 15 is 0 Å². The number of nitrogens with one attached hydrogen (secondary N) is 1. The van der Waals surface area contributed by atoms with Crippen molar-refractivity contribution in [1.29, 1.82) is 0 Å². The smallest absolute Gasteiger partial charge is 0.407 e. The number of para-hydroxylation sites is 1. The van der Waals surface area contributed by atoms with Gasteiger partial charge in [-0.1, -0.05) is 18.2 Å². The highest BCUT2D eigenvalue weighted by atomic mass is 16.6. The third-order valence-corrected chi connectivity index (χ3v) is 1.65. The second kappa shape index (κ2) is 6.70. The van der Waals surface area contributed by atoms with Gasteiger partial charge in [0.2, 0.25) is 0 Å². The van der Waals surface area contributed by atoms with Gasteiger partial charge in [0.05, 0.1) is 0 Å². The Balaban J connectivity index is 2.10. The van der Waals surface area contributed by atoms with E-state index in [2.05, 4.69) is 5.32 Å². The van der Waals surface area contributed by atoms with Gasteiger partial charge in [-0.05, 0) is 19.1 Å². The zero-order chi connectivity index (χ0) is 10.9. The van der Waals surface area contributed by atoms with Crippen molar-refractivity contribution in [3.8, 4) is 5.75 Å². The molecule has 0 radical (unpaired) electrons. The van der Waals surface area contributed by atoms with Crippen molar-refractivity contribution in [2.75, 3.05) is 19.8 Å². The molecule has 0 atom stereocenters. The summed E-state index contributed by atoms with van der Waals surface area (Å²) < 4.78 is 10.2. The molecule has 1 N–H and O–H groups in total. The van der Waals surface area contributed by atoms with Crippen LogP contribution in [0.5, 0.6) is 5.75 Å². The first kappa shape index (κ1) is 11.4. The first-order valence-corrected chi connectivity index (χ1v) is 4.91. The maximum atomic E-state index is 10.9. The van der Waals surface area contributed by atoms with Gasteiger partial charge in [0.25, 0.3) is 0 Å². The highest BCUT2D eigenvalue weighted by Crippen LogP contribution is 2.07. The Kier molecular flexibility index (Phi) is 5.08. The Morgan fingerprint density at radius 1 is 1.27 bits per heavy atom. The summed E-state index contributed by atoms with van der Waals surface area (Å²) in [4.78, 5) is 10.9. The van der Waals surface area contributed by atoms with E-state index in [9.17, 15) is 4.79 Å². The molecule has 0 bridgehead atoms. The van der Waals surface area contributed by atoms with Crippen molar-refractivity contribution in [2.24, 2.45) is 0 Å². The summed E-state index contributed by atoms with van der Waals surface area (Å²) in [5, 5.41) is 2.53. The molecule has 1 amide bonds. The lowest BCUT2D eigenvalue weighted by molar-refractivity contribution is 0.125. The first-order valence-electron chi connectivity index (χ1n) is 4.91. The normalized spacial score (nSPS) is 9.40. The molecule has 1 rings (SSSR count). The van der Waals surface area contributed by atoms with Crippen LogP contribution in [0.1, 0.15) is 6.92 Å². The number of carbonyl (C=O) groups is 1. The van der Waals surface area contributed by atoms with Gasteiger partial charge >= 0.3 is 6.09 Å². The fraction of sp³-hybridized carbons (Fsp3) is 0.364. The molecule has 0 saturated carbocycles. The van der Waals surface area contributed by atoms with Crippen molar-refractivity contribution in [3.63, 3.8) is 0 Å². The van der Waals surface area contributed by atoms with Crippen LogP contribution in [0.3, 0.4) is 0 Å². The first-order chi connectivity index (χ1) is 7.33. The van der Waals surface area contributed by atoms with Gasteiger partial charge in [0, 0.05) is 6.54 Å². The molecular formula is C11H15NO3. The van der Waals surface area contributed by atoms with E-state index in [1.807, 2.05) is 37.3 Å². The standard InChI is InChI=1S/C11H15NO3/c1-2-12-11(13)15-9-8-14-10-6-4-3-5-7-10/h3-7H,2,8-9H2,1H3,(H,12,13). The van der Waals surface area contributed by atoms with Crippen molar-refractivity contribution in [2.45, 2.75) is 6.92 Å². The molecule has 0 heterocycles. The highest BCUT2D eigenvalue weighted by molar-refractivity contribution is 5.66. The summed E-state index contributed by atoms with van der Waals surface area (Å²) in [5.74, 6) is 0.775. The topological polar surface area (TPSA) is 47.6 Å². The number of hydrogen-bond donors (Lipinski definition) is 1. The third-order valence-electron chi connectivity index (χ3n) is 1.65. The van der Waals surface area contributed by atoms with Gasteiger partial charge in [0.15, 0.2) is 0 Å². The predicted molar refractivity (Wildman–Crippen MR) is 57.0 cm³/mol. The van der Waals surface area contributed by atoms with Gasteiger partial charge in [0.1, 0.15) is 19.0 Å². The Morgan fingerprint density at radius 3 is 2.67 bits per heavy atom. The molecule has 0 unspecified atom stereocenters. The van der Waals surface area contributed by atoms with Gasteiger partial charge < -0.3 is 14.8 Å². The van der Waals surface area contributed by atoms with Gasteiger partial charge in [-0.2, -0.15) is 0 Å². The number of amides is 1. The highest BCUT2D eigenvalue weighted by Gasteiger charge is 1.98. The maximum absolute atomic E-state index is 10.9. The average molecular weight is 209 g/mol. The Labute approximate surface area is 89.2 Å². The molecule has 4 heteroatoms. The minimum Gasteiger partial charge on any atom is -0.490 e. The number of benzene rings is 1. The van der Waals surface area contributed by atoms with Gasteiger partial charge in [-0.3, -0.25) is 0 Å². The van der Waals surface area contributed by atoms with E-state index < -0.39 is 6.09 Å². The quantitative estimate of drug-likeness (QED) is 0.752. The lowest BCUT2D eigenvalue weighted by atomic mass is 10.3. The zero-order valence-electron chi connectivity index (χ0n) is 8.73. The van der Waals surface area contributed by atoms with E-state index in [4.69, 9.17) is 9.47 Å². The van der Waals surface area contributed by atoms with Crippen LogP contribution >= 0.6 is 0 Å². The maximum Gasteiger partial charge on any atom is 0.407 e. The van der Waals surface area contributed by atoms with E-state index in [1.165, 1.54) is 0 Å². The third kappa shape index (κ3) is 4.90. The molecule has 82 valence electrons. The van der Waals surface area contributed by atoms with Gasteiger partial charge in [-0.25, -0.2) is 4.79 Å². The van der Waals surface area contributed by atoms with E-state index in [-0.39, 0.29) is 6.61 Å². The van der Waals surface area contributed by atoms with Crippen molar-refractivity contribution >= 4 is 6.09 Å². The molecule has 0 aliphatic rings. The van der Waals surface area contributed by atoms with Crippen LogP contribution in [0, 0.1) is 0 Å². The van der Waals surface area contributed by atoms with E-state index in [1.54, 1.807) is 0 Å². The minimum absolute atomic E-state index is 0.251. The molecule has 0 saturated heterocycles. The fourth-order valence-corrected chi connectivity index (χ4v) is 1.01. The summed E-state index contributed by atoms with van der Waals surface area (Å²) in [6.45, 7) is 3.02. The van der Waals surface area contributed by atoms with E-state index in [0.29, 0.717) is 13.2 Å². The molecule has 15 heavy (non-hydrogen) atoms. The summed E-state index contributed by atoms with van der Waals surface area (Å²) in [5.41, 5.74) is 0. The summed E-state index contributed by atoms with van der Waals surface area (Å²) in [6.07, 6.45) is -0.408. The largest absolute Gasteiger partial charge is 0.490 e. The van der Waals surface area contributed by atoms with Gasteiger partial charge in [-0.15, -0.1) is 0 Å². The molecule has 0 aliphatic heterocycles. The van der Waals surface area contributed by atoms with Crippen molar-refractivity contribution in [3.05, 3.63) is 30.3 Å². The lowest BCUT2D eigenvalue weighted by Crippen LogP contribution is -2.25. The molecular weight excluding hydrogens is 194 g/mol. The van der Waals surface area contributed by atoms with Crippen molar-refractivity contribution in [1.82, 2.24) is 5.32 Å². The lowest BCUT2D eigenvalue weighted by Gasteiger charge is -2.07. The Morgan fingerprint density at radius 2 is 2.00 bits per heavy atom. The average Bonchev–Trinajstić information content (AvgIpc) is 2.26. The second-order valence-corrected chi connectivity index (χ2v) is 2.83. The zero-order valence-corrected chi connectivity index (χ0v) is 8.73. The van der Waals surface area contributed by atoms with Crippen LogP contribution < -0.4 is 10.1 Å². The SMILES string of the molecule is CCNC(=O)OCCOc1ccccc1. The van der Waals surface area contributed by atoms with Crippen molar-refractivity contribution < 1.29 is 14.3 Å². The Bertz CT molecular complexity index is 287. The minimum atomic E-state index is -0.408. The molecule has 1 aromatic carbocycles. The number of carbonyl (C=O) groups excluding carboxylic acids is 1. The molecule has 0 fully saturated rings. The van der Waals surface area contributed by atoms with Crippen LogP contribution in [0.4, 0.5) is 4.79 Å². The number of rotatable bonds is 5. The number of ether oxygens (including phenoxy) is 2. The molecule has 0 aliphatic carbocycles. The second-order valence-electron chi connectivity index (χ2n) is 2.83. The molecule has 0 aromatic heterocycles. The molecule has 0 spiro atoms. The molecule has 1 aromatic rings. The van der Waals surface area contributed by atoms with Crippen LogP contribution in [0.2, 0.25) is 0 Å². The van der Waals surface area contributed by atoms with Crippen LogP contribution in [0.25, 0.3) is 0 Å². The molecule has 4 nitrogen and oxygen atoms in total.